The van der Waals surface area contributed by atoms with Crippen molar-refractivity contribution >= 4 is 0 Å². The van der Waals surface area contributed by atoms with Gasteiger partial charge < -0.3 is 49.6 Å². The SMILES string of the molecule is Oc1ccc(OC2OC[C@H](OC3OC[C@@H](O)[C@@H](O)C3O)[C@H](O)[C@@H]2O)cc1. The molecule has 6 N–H and O–H groups in total. The monoisotopic (exact) mass is 374 g/mol. The fraction of sp³-hybridized carbons (Fsp3) is 0.625. The third kappa shape index (κ3) is 4.08. The van der Waals surface area contributed by atoms with Crippen LogP contribution in [0.3, 0.4) is 0 Å². The van der Waals surface area contributed by atoms with Gasteiger partial charge in [0.1, 0.15) is 48.1 Å². The molecule has 3 unspecified atom stereocenters. The van der Waals surface area contributed by atoms with E-state index in [1.54, 1.807) is 0 Å². The molecule has 0 aliphatic carbocycles. The average Bonchev–Trinajstić information content (AvgIpc) is 2.63. The van der Waals surface area contributed by atoms with Crippen LogP contribution in [0.1, 0.15) is 0 Å². The molecule has 2 heterocycles. The van der Waals surface area contributed by atoms with Gasteiger partial charge in [-0.3, -0.25) is 0 Å². The zero-order valence-corrected chi connectivity index (χ0v) is 13.7. The van der Waals surface area contributed by atoms with Crippen LogP contribution in [0.2, 0.25) is 0 Å². The molecule has 2 aliphatic rings. The smallest absolute Gasteiger partial charge is 0.228 e. The normalized spacial score (nSPS) is 41.0. The lowest BCUT2D eigenvalue weighted by atomic mass is 10.0. The predicted octanol–water partition coefficient (Wildman–Crippen LogP) is -2.33. The molecule has 2 saturated heterocycles. The molecule has 1 aromatic rings. The van der Waals surface area contributed by atoms with Crippen molar-refractivity contribution in [3.63, 3.8) is 0 Å². The van der Waals surface area contributed by atoms with E-state index in [1.165, 1.54) is 24.3 Å². The molecule has 1 aromatic carbocycles. The molecule has 2 fully saturated rings. The minimum Gasteiger partial charge on any atom is -0.508 e. The largest absolute Gasteiger partial charge is 0.508 e. The van der Waals surface area contributed by atoms with E-state index < -0.39 is 49.2 Å². The third-order valence-corrected chi connectivity index (χ3v) is 4.29. The Morgan fingerprint density at radius 3 is 2.08 bits per heavy atom. The summed E-state index contributed by atoms with van der Waals surface area (Å²) in [6.07, 6.45) is -10.6. The summed E-state index contributed by atoms with van der Waals surface area (Å²) >= 11 is 0. The fourth-order valence-corrected chi connectivity index (χ4v) is 2.72. The summed E-state index contributed by atoms with van der Waals surface area (Å²) in [5.74, 6) is 0.371. The van der Waals surface area contributed by atoms with E-state index in [4.69, 9.17) is 18.9 Å². The number of aliphatic hydroxyl groups excluding tert-OH is 5. The first kappa shape index (κ1) is 19.3. The van der Waals surface area contributed by atoms with Gasteiger partial charge in [0.05, 0.1) is 13.2 Å². The maximum atomic E-state index is 10.2. The van der Waals surface area contributed by atoms with Crippen molar-refractivity contribution in [1.29, 1.82) is 0 Å². The molecule has 146 valence electrons. The van der Waals surface area contributed by atoms with E-state index in [-0.39, 0.29) is 19.0 Å². The Bertz CT molecular complexity index is 581. The summed E-state index contributed by atoms with van der Waals surface area (Å²) in [6.45, 7) is -0.423. The number of rotatable bonds is 4. The Hall–Kier alpha value is -1.50. The Morgan fingerprint density at radius 1 is 0.769 bits per heavy atom. The number of hydrogen-bond acceptors (Lipinski definition) is 10. The molecular formula is C16H22O10. The molecule has 0 amide bonds. The van der Waals surface area contributed by atoms with Crippen molar-refractivity contribution in [3.8, 4) is 11.5 Å². The van der Waals surface area contributed by atoms with Crippen molar-refractivity contribution in [2.24, 2.45) is 0 Å². The molecule has 0 radical (unpaired) electrons. The van der Waals surface area contributed by atoms with Crippen LogP contribution < -0.4 is 4.74 Å². The molecule has 26 heavy (non-hydrogen) atoms. The zero-order chi connectivity index (χ0) is 18.8. The minimum atomic E-state index is -1.52. The van der Waals surface area contributed by atoms with Gasteiger partial charge in [-0.25, -0.2) is 0 Å². The maximum Gasteiger partial charge on any atom is 0.228 e. The van der Waals surface area contributed by atoms with E-state index in [0.717, 1.165) is 0 Å². The lowest BCUT2D eigenvalue weighted by Gasteiger charge is -2.41. The average molecular weight is 374 g/mol. The standard InChI is InChI=1S/C16H22O10/c17-7-1-3-8(4-2-7)25-15-14(22)12(20)10(6-24-15)26-16-13(21)11(19)9(18)5-23-16/h1-4,9-22H,5-6H2/t9-,10+,11-,12+,13?,14+,15?,16?/m1/s1. The van der Waals surface area contributed by atoms with E-state index in [2.05, 4.69) is 0 Å². The second-order valence-corrected chi connectivity index (χ2v) is 6.22. The highest BCUT2D eigenvalue weighted by Gasteiger charge is 2.45. The van der Waals surface area contributed by atoms with Gasteiger partial charge in [0, 0.05) is 0 Å². The van der Waals surface area contributed by atoms with Crippen molar-refractivity contribution in [1.82, 2.24) is 0 Å². The highest BCUT2D eigenvalue weighted by atomic mass is 16.7. The Morgan fingerprint density at radius 2 is 1.38 bits per heavy atom. The molecular weight excluding hydrogens is 352 g/mol. The van der Waals surface area contributed by atoms with Crippen LogP contribution in [0.25, 0.3) is 0 Å². The van der Waals surface area contributed by atoms with Gasteiger partial charge in [-0.2, -0.15) is 0 Å². The van der Waals surface area contributed by atoms with Gasteiger partial charge in [0.15, 0.2) is 6.29 Å². The lowest BCUT2D eigenvalue weighted by Crippen LogP contribution is -2.60. The number of aliphatic hydroxyl groups is 5. The van der Waals surface area contributed by atoms with Crippen LogP contribution in [0.4, 0.5) is 0 Å². The summed E-state index contributed by atoms with van der Waals surface area (Å²) in [6, 6.07) is 5.74. The third-order valence-electron chi connectivity index (χ3n) is 4.29. The second-order valence-electron chi connectivity index (χ2n) is 6.22. The van der Waals surface area contributed by atoms with Gasteiger partial charge in [0.25, 0.3) is 0 Å². The quantitative estimate of drug-likeness (QED) is 0.338. The Balaban J connectivity index is 1.57. The Kier molecular flexibility index (Phi) is 5.95. The maximum absolute atomic E-state index is 10.2. The van der Waals surface area contributed by atoms with Crippen LogP contribution in [0.5, 0.6) is 11.5 Å². The lowest BCUT2D eigenvalue weighted by molar-refractivity contribution is -0.320. The van der Waals surface area contributed by atoms with Crippen LogP contribution in [-0.2, 0) is 14.2 Å². The summed E-state index contributed by atoms with van der Waals surface area (Å²) < 4.78 is 21.3. The van der Waals surface area contributed by atoms with Crippen molar-refractivity contribution in [3.05, 3.63) is 24.3 Å². The molecule has 10 heteroatoms. The molecule has 10 nitrogen and oxygen atoms in total. The van der Waals surface area contributed by atoms with Gasteiger partial charge >= 0.3 is 0 Å². The molecule has 3 rings (SSSR count). The first-order chi connectivity index (χ1) is 12.4. The van der Waals surface area contributed by atoms with Crippen LogP contribution in [0.15, 0.2) is 24.3 Å². The van der Waals surface area contributed by atoms with Crippen LogP contribution >= 0.6 is 0 Å². The van der Waals surface area contributed by atoms with Gasteiger partial charge in [-0.15, -0.1) is 0 Å². The number of aromatic hydroxyl groups is 1. The topological polar surface area (TPSA) is 158 Å². The molecule has 8 atom stereocenters. The number of hydrogen-bond donors (Lipinski definition) is 6. The van der Waals surface area contributed by atoms with Crippen molar-refractivity contribution < 1.29 is 49.6 Å². The first-order valence-corrected chi connectivity index (χ1v) is 8.11. The Labute approximate surface area is 148 Å². The zero-order valence-electron chi connectivity index (χ0n) is 13.7. The molecule has 0 bridgehead atoms. The minimum absolute atomic E-state index is 0.0503. The van der Waals surface area contributed by atoms with E-state index in [9.17, 15) is 30.6 Å². The first-order valence-electron chi connectivity index (χ1n) is 8.11. The van der Waals surface area contributed by atoms with Crippen LogP contribution in [0, 0.1) is 0 Å². The fourth-order valence-electron chi connectivity index (χ4n) is 2.72. The summed E-state index contributed by atoms with van der Waals surface area (Å²) in [7, 11) is 0. The number of ether oxygens (including phenoxy) is 4. The predicted molar refractivity (Wildman–Crippen MR) is 83.1 cm³/mol. The summed E-state index contributed by atoms with van der Waals surface area (Å²) in [5, 5.41) is 58.6. The number of benzene rings is 1. The van der Waals surface area contributed by atoms with Crippen LogP contribution in [-0.4, -0.2) is 93.1 Å². The number of phenols is 1. The molecule has 0 saturated carbocycles. The van der Waals surface area contributed by atoms with E-state index in [0.29, 0.717) is 5.75 Å². The summed E-state index contributed by atoms with van der Waals surface area (Å²) in [5.41, 5.74) is 0. The highest BCUT2D eigenvalue weighted by molar-refractivity contribution is 5.30. The van der Waals surface area contributed by atoms with Gasteiger partial charge in [-0.05, 0) is 24.3 Å². The summed E-state index contributed by atoms with van der Waals surface area (Å²) in [4.78, 5) is 0. The van der Waals surface area contributed by atoms with Gasteiger partial charge in [-0.1, -0.05) is 0 Å². The van der Waals surface area contributed by atoms with E-state index in [1.807, 2.05) is 0 Å². The van der Waals surface area contributed by atoms with Crippen molar-refractivity contribution in [2.45, 2.75) is 49.2 Å². The molecule has 0 spiro atoms. The molecule has 2 aliphatic heterocycles. The number of phenolic OH excluding ortho intramolecular Hbond substituents is 1. The second kappa shape index (κ2) is 8.03. The van der Waals surface area contributed by atoms with Gasteiger partial charge in [0.2, 0.25) is 6.29 Å². The molecule has 0 aromatic heterocycles. The van der Waals surface area contributed by atoms with Crippen molar-refractivity contribution in [2.75, 3.05) is 13.2 Å². The highest BCUT2D eigenvalue weighted by Crippen LogP contribution is 2.26. The van der Waals surface area contributed by atoms with E-state index >= 15 is 0 Å².